The molecule has 0 unspecified atom stereocenters. The van der Waals surface area contributed by atoms with Gasteiger partial charge >= 0.3 is 6.09 Å². The Morgan fingerprint density at radius 3 is 2.21 bits per heavy atom. The van der Waals surface area contributed by atoms with E-state index >= 15 is 0 Å². The monoisotopic (exact) mass is 437 g/mol. The number of hydrogen-bond acceptors (Lipinski definition) is 3. The van der Waals surface area contributed by atoms with Gasteiger partial charge in [-0.15, -0.1) is 0 Å². The van der Waals surface area contributed by atoms with Crippen LogP contribution in [0.5, 0.6) is 0 Å². The number of fused-ring (bicyclic) bond motifs is 3. The Labute approximate surface area is 194 Å². The number of carbonyl (C=O) groups is 1. The molecule has 2 aliphatic heterocycles. The first-order valence-corrected chi connectivity index (χ1v) is 11.2. The van der Waals surface area contributed by atoms with Crippen molar-refractivity contribution in [1.82, 2.24) is 0 Å². The molecule has 0 N–H and O–H groups in total. The molecule has 3 aromatic carbocycles. The van der Waals surface area contributed by atoms with Crippen molar-refractivity contribution in [1.29, 1.82) is 0 Å². The molecule has 0 aromatic heterocycles. The van der Waals surface area contributed by atoms with Gasteiger partial charge in [0.2, 0.25) is 0 Å². The number of hydrogen-bond donors (Lipinski definition) is 0. The quantitative estimate of drug-likeness (QED) is 0.442. The van der Waals surface area contributed by atoms with Crippen LogP contribution in [0, 0.1) is 0 Å². The highest BCUT2D eigenvalue weighted by Gasteiger charge is 2.50. The van der Waals surface area contributed by atoms with Gasteiger partial charge in [-0.3, -0.25) is 0 Å². The number of allylic oxidation sites excluding steroid dienone is 1. The van der Waals surface area contributed by atoms with Gasteiger partial charge in [-0.1, -0.05) is 91.0 Å². The maximum Gasteiger partial charge on any atom is 0.417 e. The second kappa shape index (κ2) is 8.28. The van der Waals surface area contributed by atoms with E-state index in [1.165, 1.54) is 0 Å². The van der Waals surface area contributed by atoms with Crippen LogP contribution in [-0.2, 0) is 9.47 Å². The molecule has 0 saturated heterocycles. The Bertz CT molecular complexity index is 1220. The molecule has 0 spiro atoms. The van der Waals surface area contributed by atoms with Gasteiger partial charge in [0, 0.05) is 11.1 Å². The highest BCUT2D eigenvalue weighted by Crippen LogP contribution is 2.53. The van der Waals surface area contributed by atoms with Gasteiger partial charge in [-0.2, -0.15) is 0 Å². The van der Waals surface area contributed by atoms with Crippen molar-refractivity contribution >= 4 is 23.6 Å². The molecule has 4 heteroatoms. The number of carbonyl (C=O) groups excluding carboxylic acids is 1. The molecule has 2 aliphatic rings. The van der Waals surface area contributed by atoms with E-state index in [2.05, 4.69) is 30.4 Å². The smallest absolute Gasteiger partial charge is 0.417 e. The number of amides is 1. The normalized spacial score (nSPS) is 19.4. The van der Waals surface area contributed by atoms with Gasteiger partial charge in [0.25, 0.3) is 0 Å². The summed E-state index contributed by atoms with van der Waals surface area (Å²) in [5.41, 5.74) is 4.44. The first kappa shape index (κ1) is 21.1. The average molecular weight is 438 g/mol. The van der Waals surface area contributed by atoms with Crippen LogP contribution in [0.1, 0.15) is 43.4 Å². The van der Waals surface area contributed by atoms with E-state index in [1.54, 1.807) is 4.90 Å². The third-order valence-electron chi connectivity index (χ3n) is 5.79. The fourth-order valence-corrected chi connectivity index (χ4v) is 4.45. The van der Waals surface area contributed by atoms with Gasteiger partial charge in [0.1, 0.15) is 11.4 Å². The minimum atomic E-state index is -0.603. The van der Waals surface area contributed by atoms with Crippen LogP contribution in [0.4, 0.5) is 10.5 Å². The standard InChI is InChI=1S/C29H27NO3/c1-29(2,3)33-28(31)30-24-17-11-10-16-22(24)25-23(19-18-20-12-6-4-7-13-20)26(32-27(25)30)21-14-8-5-9-15-21/h4-19,25,27H,1-3H3/b19-18+/t25-,27+/m0/s1. The third kappa shape index (κ3) is 4.05. The summed E-state index contributed by atoms with van der Waals surface area (Å²) in [6, 6.07) is 28.2. The fraction of sp³-hybridized carbons (Fsp3) is 0.207. The molecule has 0 saturated carbocycles. The number of para-hydroxylation sites is 1. The van der Waals surface area contributed by atoms with Crippen LogP contribution in [0.25, 0.3) is 11.8 Å². The second-order valence-electron chi connectivity index (χ2n) is 9.29. The summed E-state index contributed by atoms with van der Waals surface area (Å²) < 4.78 is 12.3. The maximum atomic E-state index is 13.3. The Hall–Kier alpha value is -3.79. The fourth-order valence-electron chi connectivity index (χ4n) is 4.45. The van der Waals surface area contributed by atoms with Crippen LogP contribution in [-0.4, -0.2) is 17.9 Å². The molecule has 0 aliphatic carbocycles. The largest absolute Gasteiger partial charge is 0.468 e. The summed E-state index contributed by atoms with van der Waals surface area (Å²) in [4.78, 5) is 14.9. The van der Waals surface area contributed by atoms with E-state index < -0.39 is 17.9 Å². The lowest BCUT2D eigenvalue weighted by molar-refractivity contribution is 0.0492. The van der Waals surface area contributed by atoms with Gasteiger partial charge in [0.15, 0.2) is 6.23 Å². The summed E-state index contributed by atoms with van der Waals surface area (Å²) in [5, 5.41) is 0. The molecule has 166 valence electrons. The van der Waals surface area contributed by atoms with Gasteiger partial charge < -0.3 is 9.47 Å². The summed E-state index contributed by atoms with van der Waals surface area (Å²) in [6.07, 6.45) is 3.33. The lowest BCUT2D eigenvalue weighted by atomic mass is 9.90. The van der Waals surface area contributed by atoms with Crippen molar-refractivity contribution in [2.24, 2.45) is 0 Å². The summed E-state index contributed by atoms with van der Waals surface area (Å²) in [7, 11) is 0. The predicted octanol–water partition coefficient (Wildman–Crippen LogP) is 7.01. The van der Waals surface area contributed by atoms with Crippen molar-refractivity contribution in [3.8, 4) is 0 Å². The van der Waals surface area contributed by atoms with Gasteiger partial charge in [-0.05, 0) is 38.0 Å². The number of nitrogens with zero attached hydrogens (tertiary/aromatic N) is 1. The van der Waals surface area contributed by atoms with Crippen molar-refractivity contribution in [3.05, 3.63) is 113 Å². The van der Waals surface area contributed by atoms with E-state index in [1.807, 2.05) is 87.5 Å². The van der Waals surface area contributed by atoms with Crippen molar-refractivity contribution in [3.63, 3.8) is 0 Å². The Kier molecular flexibility index (Phi) is 5.29. The van der Waals surface area contributed by atoms with Gasteiger partial charge in [0.05, 0.1) is 11.6 Å². The Morgan fingerprint density at radius 2 is 1.52 bits per heavy atom. The first-order chi connectivity index (χ1) is 15.9. The molecule has 1 amide bonds. The molecule has 0 bridgehead atoms. The van der Waals surface area contributed by atoms with Gasteiger partial charge in [-0.25, -0.2) is 9.69 Å². The highest BCUT2D eigenvalue weighted by atomic mass is 16.6. The lowest BCUT2D eigenvalue weighted by Crippen LogP contribution is -2.42. The van der Waals surface area contributed by atoms with Crippen LogP contribution in [0.2, 0.25) is 0 Å². The number of benzene rings is 3. The lowest BCUT2D eigenvalue weighted by Gasteiger charge is -2.28. The topological polar surface area (TPSA) is 38.8 Å². The summed E-state index contributed by atoms with van der Waals surface area (Å²) in [5.74, 6) is 0.685. The zero-order valence-electron chi connectivity index (χ0n) is 19.1. The SMILES string of the molecule is CC(C)(C)OC(=O)N1c2ccccc2[C@H]2C(/C=C/c3ccccc3)=C(c3ccccc3)O[C@H]21. The first-order valence-electron chi connectivity index (χ1n) is 11.2. The van der Waals surface area contributed by atoms with E-state index in [-0.39, 0.29) is 5.92 Å². The maximum absolute atomic E-state index is 13.3. The van der Waals surface area contributed by atoms with Crippen molar-refractivity contribution in [2.45, 2.75) is 38.5 Å². The zero-order valence-corrected chi connectivity index (χ0v) is 19.1. The Balaban J connectivity index is 1.62. The van der Waals surface area contributed by atoms with Crippen molar-refractivity contribution in [2.75, 3.05) is 4.90 Å². The molecule has 3 aromatic rings. The number of ether oxygens (including phenoxy) is 2. The molecular formula is C29H27NO3. The molecule has 2 atom stereocenters. The Morgan fingerprint density at radius 1 is 0.879 bits per heavy atom. The van der Waals surface area contributed by atoms with Crippen molar-refractivity contribution < 1.29 is 14.3 Å². The van der Waals surface area contributed by atoms with E-state index in [9.17, 15) is 4.79 Å². The van der Waals surface area contributed by atoms with E-state index in [0.29, 0.717) is 0 Å². The second-order valence-corrected chi connectivity index (χ2v) is 9.29. The molecule has 0 radical (unpaired) electrons. The van der Waals surface area contributed by atoms with Crippen LogP contribution in [0.15, 0.2) is 96.6 Å². The average Bonchev–Trinajstić information content (AvgIpc) is 3.32. The summed E-state index contributed by atoms with van der Waals surface area (Å²) in [6.45, 7) is 5.63. The molecule has 5 rings (SSSR count). The van der Waals surface area contributed by atoms with E-state index in [4.69, 9.17) is 9.47 Å². The molecule has 0 fully saturated rings. The minimum Gasteiger partial charge on any atom is -0.468 e. The summed E-state index contributed by atoms with van der Waals surface area (Å²) >= 11 is 0. The molecule has 2 heterocycles. The number of rotatable bonds is 3. The predicted molar refractivity (Wildman–Crippen MR) is 132 cm³/mol. The van der Waals surface area contributed by atoms with Crippen LogP contribution < -0.4 is 4.90 Å². The van der Waals surface area contributed by atoms with Crippen LogP contribution in [0.3, 0.4) is 0 Å². The zero-order chi connectivity index (χ0) is 23.0. The van der Waals surface area contributed by atoms with Crippen LogP contribution >= 0.6 is 0 Å². The third-order valence-corrected chi connectivity index (χ3v) is 5.79. The highest BCUT2D eigenvalue weighted by molar-refractivity contribution is 5.94. The molecular weight excluding hydrogens is 410 g/mol. The number of anilines is 1. The molecule has 4 nitrogen and oxygen atoms in total. The van der Waals surface area contributed by atoms with E-state index in [0.717, 1.165) is 33.7 Å². The molecule has 33 heavy (non-hydrogen) atoms. The minimum absolute atomic E-state index is 0.108.